The van der Waals surface area contributed by atoms with Crippen LogP contribution < -0.4 is 19.9 Å². The molecular formula is C27H33N3O4. The molecule has 7 nitrogen and oxygen atoms in total. The number of rotatable bonds is 7. The molecule has 0 unspecified atom stereocenters. The predicted octanol–water partition coefficient (Wildman–Crippen LogP) is 3.88. The number of para-hydroxylation sites is 2. The van der Waals surface area contributed by atoms with Gasteiger partial charge in [0.2, 0.25) is 0 Å². The van der Waals surface area contributed by atoms with Crippen molar-refractivity contribution in [3.63, 3.8) is 0 Å². The van der Waals surface area contributed by atoms with Gasteiger partial charge in [0.1, 0.15) is 11.5 Å². The number of methoxy groups -OCH3 is 1. The number of hydrogen-bond donors (Lipinski definition) is 0. The smallest absolute Gasteiger partial charge is 0.260 e. The standard InChI is InChI=1S/C27H33N3O4/c1-5-30-24-16-20(10-11-21(24)22(19(2)3)17-26(30)31)34-18-27(32)29-14-12-28(13-15-29)23-8-6-7-9-25(23)33-4/h6-11,16-17,19H,5,12-15,18H2,1-4H3. The molecule has 1 saturated heterocycles. The molecule has 4 rings (SSSR count). The third-order valence-corrected chi connectivity index (χ3v) is 6.47. The molecule has 0 atom stereocenters. The van der Waals surface area contributed by atoms with Crippen LogP contribution in [0.15, 0.2) is 53.3 Å². The minimum Gasteiger partial charge on any atom is -0.495 e. The van der Waals surface area contributed by atoms with Gasteiger partial charge in [-0.3, -0.25) is 9.59 Å². The quantitative estimate of drug-likeness (QED) is 0.532. The Bertz CT molecular complexity index is 1230. The summed E-state index contributed by atoms with van der Waals surface area (Å²) in [5.41, 5.74) is 2.90. The molecule has 180 valence electrons. The second-order valence-corrected chi connectivity index (χ2v) is 8.84. The molecule has 34 heavy (non-hydrogen) atoms. The van der Waals surface area contributed by atoms with Gasteiger partial charge >= 0.3 is 0 Å². The van der Waals surface area contributed by atoms with Crippen LogP contribution in [0.5, 0.6) is 11.5 Å². The summed E-state index contributed by atoms with van der Waals surface area (Å²) in [6.45, 7) is 9.41. The first kappa shape index (κ1) is 23.7. The molecule has 1 aliphatic rings. The van der Waals surface area contributed by atoms with E-state index < -0.39 is 0 Å². The molecular weight excluding hydrogens is 430 g/mol. The van der Waals surface area contributed by atoms with E-state index in [0.29, 0.717) is 25.4 Å². The highest BCUT2D eigenvalue weighted by molar-refractivity contribution is 5.85. The predicted molar refractivity (Wildman–Crippen MR) is 135 cm³/mol. The number of amides is 1. The fraction of sp³-hybridized carbons (Fsp3) is 0.407. The first-order valence-electron chi connectivity index (χ1n) is 11.9. The number of ether oxygens (including phenoxy) is 2. The van der Waals surface area contributed by atoms with E-state index in [1.807, 2.05) is 54.3 Å². The zero-order valence-electron chi connectivity index (χ0n) is 20.4. The number of hydrogen-bond acceptors (Lipinski definition) is 5. The molecule has 0 N–H and O–H groups in total. The number of carbonyl (C=O) groups is 1. The normalized spacial score (nSPS) is 14.0. The average molecular weight is 464 g/mol. The number of fused-ring (bicyclic) bond motifs is 1. The van der Waals surface area contributed by atoms with Crippen molar-refractivity contribution in [1.29, 1.82) is 0 Å². The highest BCUT2D eigenvalue weighted by Gasteiger charge is 2.23. The number of pyridine rings is 1. The molecule has 0 spiro atoms. The maximum absolute atomic E-state index is 12.8. The maximum atomic E-state index is 12.8. The first-order valence-corrected chi connectivity index (χ1v) is 11.9. The summed E-state index contributed by atoms with van der Waals surface area (Å²) in [6, 6.07) is 15.4. The van der Waals surface area contributed by atoms with Gasteiger partial charge in [0.05, 0.1) is 18.3 Å². The number of nitrogens with zero attached hydrogens (tertiary/aromatic N) is 3. The van der Waals surface area contributed by atoms with Gasteiger partial charge in [-0.2, -0.15) is 0 Å². The minimum absolute atomic E-state index is 0.0140. The highest BCUT2D eigenvalue weighted by Crippen LogP contribution is 2.29. The second-order valence-electron chi connectivity index (χ2n) is 8.84. The van der Waals surface area contributed by atoms with Crippen LogP contribution in [0.1, 0.15) is 32.3 Å². The Hall–Kier alpha value is -3.48. The number of piperazine rings is 1. The van der Waals surface area contributed by atoms with Crippen LogP contribution in [0.2, 0.25) is 0 Å². The average Bonchev–Trinajstić information content (AvgIpc) is 2.86. The Balaban J connectivity index is 1.42. The van der Waals surface area contributed by atoms with E-state index in [9.17, 15) is 9.59 Å². The Morgan fingerprint density at radius 3 is 2.44 bits per heavy atom. The molecule has 7 heteroatoms. The zero-order chi connectivity index (χ0) is 24.2. The third-order valence-electron chi connectivity index (χ3n) is 6.47. The van der Waals surface area contributed by atoms with E-state index in [2.05, 4.69) is 18.7 Å². The van der Waals surface area contributed by atoms with Crippen molar-refractivity contribution in [2.45, 2.75) is 33.2 Å². The van der Waals surface area contributed by atoms with Crippen LogP contribution >= 0.6 is 0 Å². The van der Waals surface area contributed by atoms with E-state index in [0.717, 1.165) is 41.0 Å². The number of carbonyl (C=O) groups excluding carboxylic acids is 1. The summed E-state index contributed by atoms with van der Waals surface area (Å²) >= 11 is 0. The van der Waals surface area contributed by atoms with Crippen molar-refractivity contribution in [1.82, 2.24) is 9.47 Å². The maximum Gasteiger partial charge on any atom is 0.260 e. The number of aryl methyl sites for hydroxylation is 1. The lowest BCUT2D eigenvalue weighted by Gasteiger charge is -2.36. The summed E-state index contributed by atoms with van der Waals surface area (Å²) in [6.07, 6.45) is 0. The second kappa shape index (κ2) is 10.2. The fourth-order valence-electron chi connectivity index (χ4n) is 4.60. The molecule has 2 heterocycles. The lowest BCUT2D eigenvalue weighted by molar-refractivity contribution is -0.133. The molecule has 0 radical (unpaired) electrons. The summed E-state index contributed by atoms with van der Waals surface area (Å²) < 4.78 is 13.1. The zero-order valence-corrected chi connectivity index (χ0v) is 20.4. The summed E-state index contributed by atoms with van der Waals surface area (Å²) in [5, 5.41) is 1.04. The van der Waals surface area contributed by atoms with Crippen molar-refractivity contribution in [3.8, 4) is 11.5 Å². The van der Waals surface area contributed by atoms with Gasteiger partial charge in [-0.15, -0.1) is 0 Å². The number of benzene rings is 2. The third kappa shape index (κ3) is 4.74. The van der Waals surface area contributed by atoms with Gasteiger partial charge < -0.3 is 23.8 Å². The van der Waals surface area contributed by atoms with E-state index >= 15 is 0 Å². The Morgan fingerprint density at radius 1 is 1.03 bits per heavy atom. The molecule has 1 aromatic heterocycles. The van der Waals surface area contributed by atoms with Crippen LogP contribution in [-0.2, 0) is 11.3 Å². The van der Waals surface area contributed by atoms with Crippen LogP contribution in [0.25, 0.3) is 10.9 Å². The number of aromatic nitrogens is 1. The number of anilines is 1. The van der Waals surface area contributed by atoms with E-state index in [1.54, 1.807) is 17.7 Å². The first-order chi connectivity index (χ1) is 16.4. The van der Waals surface area contributed by atoms with Gasteiger partial charge in [-0.25, -0.2) is 0 Å². The Labute approximate surface area is 200 Å². The monoisotopic (exact) mass is 463 g/mol. The molecule has 1 fully saturated rings. The van der Waals surface area contributed by atoms with Crippen LogP contribution in [0, 0.1) is 0 Å². The SMILES string of the molecule is CCn1c(=O)cc(C(C)C)c2ccc(OCC(=O)N3CCN(c4ccccc4OC)CC3)cc21. The van der Waals surface area contributed by atoms with Crippen molar-refractivity contribution in [2.75, 3.05) is 44.8 Å². The van der Waals surface area contributed by atoms with Crippen LogP contribution in [-0.4, -0.2) is 55.3 Å². The van der Waals surface area contributed by atoms with E-state index in [-0.39, 0.29) is 24.0 Å². The lowest BCUT2D eigenvalue weighted by atomic mass is 9.98. The van der Waals surface area contributed by atoms with E-state index in [1.165, 1.54) is 0 Å². The van der Waals surface area contributed by atoms with Gasteiger partial charge in [-0.05, 0) is 42.7 Å². The molecule has 3 aromatic rings. The van der Waals surface area contributed by atoms with Crippen molar-refractivity contribution < 1.29 is 14.3 Å². The molecule has 2 aromatic carbocycles. The van der Waals surface area contributed by atoms with Gasteiger partial charge in [0.15, 0.2) is 6.61 Å². The van der Waals surface area contributed by atoms with Gasteiger partial charge in [0.25, 0.3) is 11.5 Å². The largest absolute Gasteiger partial charge is 0.495 e. The molecule has 0 saturated carbocycles. The fourth-order valence-corrected chi connectivity index (χ4v) is 4.60. The molecule has 0 aliphatic carbocycles. The van der Waals surface area contributed by atoms with Crippen molar-refractivity contribution in [3.05, 3.63) is 64.4 Å². The summed E-state index contributed by atoms with van der Waals surface area (Å²) in [4.78, 5) is 29.5. The highest BCUT2D eigenvalue weighted by atomic mass is 16.5. The molecule has 1 amide bonds. The lowest BCUT2D eigenvalue weighted by Crippen LogP contribution is -2.50. The minimum atomic E-state index is -0.0383. The Morgan fingerprint density at radius 2 is 1.76 bits per heavy atom. The molecule has 0 bridgehead atoms. The topological polar surface area (TPSA) is 64.0 Å². The van der Waals surface area contributed by atoms with E-state index in [4.69, 9.17) is 9.47 Å². The van der Waals surface area contributed by atoms with Crippen LogP contribution in [0.4, 0.5) is 5.69 Å². The van der Waals surface area contributed by atoms with Crippen molar-refractivity contribution in [2.24, 2.45) is 0 Å². The van der Waals surface area contributed by atoms with Gasteiger partial charge in [-0.1, -0.05) is 26.0 Å². The molecule has 1 aliphatic heterocycles. The summed E-state index contributed by atoms with van der Waals surface area (Å²) in [7, 11) is 1.67. The van der Waals surface area contributed by atoms with Crippen LogP contribution in [0.3, 0.4) is 0 Å². The van der Waals surface area contributed by atoms with Crippen molar-refractivity contribution >= 4 is 22.5 Å². The Kier molecular flexibility index (Phi) is 7.10. The summed E-state index contributed by atoms with van der Waals surface area (Å²) in [5.74, 6) is 1.64. The van der Waals surface area contributed by atoms with Gasteiger partial charge in [0, 0.05) is 50.2 Å².